The molecule has 0 aromatic rings. The average Bonchev–Trinajstić information content (AvgIpc) is 2.21. The van der Waals surface area contributed by atoms with Gasteiger partial charge in [0, 0.05) is 24.1 Å². The highest BCUT2D eigenvalue weighted by Crippen LogP contribution is 2.33. The maximum atomic E-state index is 3.51. The van der Waals surface area contributed by atoms with Gasteiger partial charge >= 0.3 is 0 Å². The quantitative estimate of drug-likeness (QED) is 0.672. The second kappa shape index (κ2) is 4.52. The summed E-state index contributed by atoms with van der Waals surface area (Å²) >= 11 is 2.21. The van der Waals surface area contributed by atoms with E-state index in [1.54, 1.807) is 0 Å². The fourth-order valence-corrected chi connectivity index (χ4v) is 3.74. The maximum absolute atomic E-state index is 3.51. The molecular formula is C10H19NS. The van der Waals surface area contributed by atoms with Crippen LogP contribution >= 0.6 is 11.8 Å². The van der Waals surface area contributed by atoms with Crippen molar-refractivity contribution in [3.63, 3.8) is 0 Å². The molecular weight excluding hydrogens is 166 g/mol. The minimum atomic E-state index is 0.944. The van der Waals surface area contributed by atoms with Crippen LogP contribution in [-0.4, -0.2) is 24.1 Å². The van der Waals surface area contributed by atoms with Crippen molar-refractivity contribution in [2.75, 3.05) is 18.8 Å². The Kier molecular flexibility index (Phi) is 3.35. The predicted octanol–water partition coefficient (Wildman–Crippen LogP) is 2.27. The summed E-state index contributed by atoms with van der Waals surface area (Å²) in [7, 11) is 0. The van der Waals surface area contributed by atoms with E-state index in [1.165, 1.54) is 50.9 Å². The predicted molar refractivity (Wildman–Crippen MR) is 55.7 cm³/mol. The molecule has 0 amide bonds. The molecule has 1 N–H and O–H groups in total. The molecule has 2 fully saturated rings. The molecule has 1 heterocycles. The third-order valence-corrected chi connectivity index (χ3v) is 4.55. The Bertz CT molecular complexity index is 110. The number of hydrogen-bond acceptors (Lipinski definition) is 2. The lowest BCUT2D eigenvalue weighted by molar-refractivity contribution is 0.340. The van der Waals surface area contributed by atoms with E-state index in [0.29, 0.717) is 0 Å². The highest BCUT2D eigenvalue weighted by Gasteiger charge is 2.25. The van der Waals surface area contributed by atoms with Crippen molar-refractivity contribution in [3.8, 4) is 0 Å². The van der Waals surface area contributed by atoms with Crippen molar-refractivity contribution in [3.05, 3.63) is 0 Å². The largest absolute Gasteiger partial charge is 0.315 e. The van der Waals surface area contributed by atoms with Gasteiger partial charge in [-0.05, 0) is 18.8 Å². The van der Waals surface area contributed by atoms with E-state index in [9.17, 15) is 0 Å². The van der Waals surface area contributed by atoms with Crippen LogP contribution in [0, 0.1) is 5.92 Å². The molecule has 0 aromatic heterocycles. The first-order chi connectivity index (χ1) is 5.97. The van der Waals surface area contributed by atoms with E-state index in [2.05, 4.69) is 17.1 Å². The lowest BCUT2D eigenvalue weighted by Crippen LogP contribution is -2.37. The number of rotatable bonds is 1. The second-order valence-corrected chi connectivity index (χ2v) is 5.36. The van der Waals surface area contributed by atoms with Crippen LogP contribution in [0.5, 0.6) is 0 Å². The standard InChI is InChI=1S/C10H19NS/c1-2-4-9(5-3-1)10-8-11-6-7-12-10/h9-11H,1-8H2/t10-/m1/s1. The van der Waals surface area contributed by atoms with Crippen molar-refractivity contribution in [2.24, 2.45) is 5.92 Å². The molecule has 0 radical (unpaired) electrons. The summed E-state index contributed by atoms with van der Waals surface area (Å²) in [6.07, 6.45) is 7.46. The van der Waals surface area contributed by atoms with Gasteiger partial charge in [-0.1, -0.05) is 19.3 Å². The summed E-state index contributed by atoms with van der Waals surface area (Å²) in [6, 6.07) is 0. The normalized spacial score (nSPS) is 33.5. The monoisotopic (exact) mass is 185 g/mol. The molecule has 0 spiro atoms. The first kappa shape index (κ1) is 8.89. The Morgan fingerprint density at radius 3 is 2.58 bits per heavy atom. The lowest BCUT2D eigenvalue weighted by atomic mass is 9.86. The number of nitrogens with one attached hydrogen (secondary N) is 1. The van der Waals surface area contributed by atoms with Crippen LogP contribution in [0.25, 0.3) is 0 Å². The zero-order valence-corrected chi connectivity index (χ0v) is 8.54. The average molecular weight is 185 g/mol. The molecule has 1 saturated carbocycles. The van der Waals surface area contributed by atoms with E-state index in [4.69, 9.17) is 0 Å². The van der Waals surface area contributed by atoms with Crippen molar-refractivity contribution in [2.45, 2.75) is 37.4 Å². The molecule has 2 rings (SSSR count). The number of thioether (sulfide) groups is 1. The summed E-state index contributed by atoms with van der Waals surface area (Å²) < 4.78 is 0. The second-order valence-electron chi connectivity index (χ2n) is 4.01. The van der Waals surface area contributed by atoms with Gasteiger partial charge in [-0.3, -0.25) is 0 Å². The van der Waals surface area contributed by atoms with E-state index in [-0.39, 0.29) is 0 Å². The molecule has 1 atom stereocenters. The van der Waals surface area contributed by atoms with Gasteiger partial charge in [0.1, 0.15) is 0 Å². The Morgan fingerprint density at radius 1 is 1.08 bits per heavy atom. The van der Waals surface area contributed by atoms with Crippen LogP contribution in [0.1, 0.15) is 32.1 Å². The van der Waals surface area contributed by atoms with E-state index >= 15 is 0 Å². The van der Waals surface area contributed by atoms with Crippen molar-refractivity contribution in [1.82, 2.24) is 5.32 Å². The highest BCUT2D eigenvalue weighted by molar-refractivity contribution is 8.00. The Balaban J connectivity index is 1.80. The van der Waals surface area contributed by atoms with Crippen LogP contribution < -0.4 is 5.32 Å². The zero-order chi connectivity index (χ0) is 8.23. The molecule has 0 bridgehead atoms. The van der Waals surface area contributed by atoms with Gasteiger partial charge in [0.15, 0.2) is 0 Å². The first-order valence-corrected chi connectivity index (χ1v) is 6.34. The van der Waals surface area contributed by atoms with Crippen LogP contribution in [0.3, 0.4) is 0 Å². The minimum Gasteiger partial charge on any atom is -0.315 e. The fourth-order valence-electron chi connectivity index (χ4n) is 2.39. The molecule has 70 valence electrons. The van der Waals surface area contributed by atoms with Crippen molar-refractivity contribution < 1.29 is 0 Å². The van der Waals surface area contributed by atoms with Gasteiger partial charge in [0.25, 0.3) is 0 Å². The van der Waals surface area contributed by atoms with Gasteiger partial charge < -0.3 is 5.32 Å². The van der Waals surface area contributed by atoms with Gasteiger partial charge in [-0.2, -0.15) is 11.8 Å². The first-order valence-electron chi connectivity index (χ1n) is 5.29. The Hall–Kier alpha value is 0.310. The SMILES string of the molecule is C1CCC([C@H]2CNCCS2)CC1. The van der Waals surface area contributed by atoms with Crippen LogP contribution in [-0.2, 0) is 0 Å². The molecule has 12 heavy (non-hydrogen) atoms. The fraction of sp³-hybridized carbons (Fsp3) is 1.00. The van der Waals surface area contributed by atoms with Crippen molar-refractivity contribution in [1.29, 1.82) is 0 Å². The number of hydrogen-bond donors (Lipinski definition) is 1. The molecule has 2 heteroatoms. The van der Waals surface area contributed by atoms with E-state index < -0.39 is 0 Å². The van der Waals surface area contributed by atoms with Gasteiger partial charge in [-0.15, -0.1) is 0 Å². The molecule has 0 unspecified atom stereocenters. The Morgan fingerprint density at radius 2 is 1.92 bits per heavy atom. The van der Waals surface area contributed by atoms with E-state index in [1.807, 2.05) is 0 Å². The molecule has 0 aromatic carbocycles. The lowest BCUT2D eigenvalue weighted by Gasteiger charge is -2.32. The summed E-state index contributed by atoms with van der Waals surface area (Å²) in [6.45, 7) is 2.50. The van der Waals surface area contributed by atoms with Crippen LogP contribution in [0.15, 0.2) is 0 Å². The Labute approximate surface area is 79.7 Å². The topological polar surface area (TPSA) is 12.0 Å². The highest BCUT2D eigenvalue weighted by atomic mass is 32.2. The smallest absolute Gasteiger partial charge is 0.0201 e. The molecule has 2 aliphatic rings. The molecule has 1 nitrogen and oxygen atoms in total. The summed E-state index contributed by atoms with van der Waals surface area (Å²) in [5.41, 5.74) is 0. The summed E-state index contributed by atoms with van der Waals surface area (Å²) in [5, 5.41) is 4.45. The van der Waals surface area contributed by atoms with Crippen LogP contribution in [0.4, 0.5) is 0 Å². The molecule has 1 saturated heterocycles. The molecule has 1 aliphatic carbocycles. The van der Waals surface area contributed by atoms with Gasteiger partial charge in [-0.25, -0.2) is 0 Å². The van der Waals surface area contributed by atoms with Crippen LogP contribution in [0.2, 0.25) is 0 Å². The van der Waals surface area contributed by atoms with E-state index in [0.717, 1.165) is 11.2 Å². The summed E-state index contributed by atoms with van der Waals surface area (Å²) in [4.78, 5) is 0. The third kappa shape index (κ3) is 2.17. The van der Waals surface area contributed by atoms with Gasteiger partial charge in [0.05, 0.1) is 0 Å². The van der Waals surface area contributed by atoms with Crippen molar-refractivity contribution >= 4 is 11.8 Å². The summed E-state index contributed by atoms with van der Waals surface area (Å²) in [5.74, 6) is 2.37. The molecule has 1 aliphatic heterocycles. The minimum absolute atomic E-state index is 0.944. The third-order valence-electron chi connectivity index (χ3n) is 3.13. The zero-order valence-electron chi connectivity index (χ0n) is 7.72. The maximum Gasteiger partial charge on any atom is 0.0201 e. The van der Waals surface area contributed by atoms with Gasteiger partial charge in [0.2, 0.25) is 0 Å².